The molecule has 1 aliphatic rings. The number of furan rings is 1. The number of anilines is 1. The molecule has 0 radical (unpaired) electrons. The molecule has 0 spiro atoms. The molecular weight excluding hydrogens is 641 g/mol. The molecule has 1 unspecified atom stereocenters. The SMILES string of the molecule is Cc1cccc(C)c1-c1cc(OCC(CC2CCOCC2)NCc2cnc3oc(C(C)C)cc3n2)nc(NSc2cccc(C(=O)O)c2)n1. The van der Waals surface area contributed by atoms with Crippen molar-refractivity contribution in [3.05, 3.63) is 88.9 Å². The minimum atomic E-state index is -0.982. The summed E-state index contributed by atoms with van der Waals surface area (Å²) in [5, 5.41) is 13.1. The zero-order valence-electron chi connectivity index (χ0n) is 28.2. The summed E-state index contributed by atoms with van der Waals surface area (Å²) in [6, 6.07) is 16.7. The highest BCUT2D eigenvalue weighted by molar-refractivity contribution is 8.00. The zero-order chi connectivity index (χ0) is 34.3. The van der Waals surface area contributed by atoms with E-state index < -0.39 is 5.97 Å². The third-order valence-corrected chi connectivity index (χ3v) is 9.39. The van der Waals surface area contributed by atoms with Crippen LogP contribution in [0.5, 0.6) is 5.88 Å². The van der Waals surface area contributed by atoms with Gasteiger partial charge in [-0.3, -0.25) is 4.72 Å². The van der Waals surface area contributed by atoms with Crippen LogP contribution in [0.15, 0.2) is 70.1 Å². The van der Waals surface area contributed by atoms with Gasteiger partial charge in [0.15, 0.2) is 0 Å². The topological polar surface area (TPSA) is 145 Å². The van der Waals surface area contributed by atoms with E-state index in [1.165, 1.54) is 11.9 Å². The number of aromatic nitrogens is 4. The number of hydrogen-bond acceptors (Lipinski definition) is 11. The van der Waals surface area contributed by atoms with E-state index in [0.29, 0.717) is 36.6 Å². The number of carboxylic acids is 1. The lowest BCUT2D eigenvalue weighted by molar-refractivity contribution is 0.0579. The monoisotopic (exact) mass is 682 g/mol. The molecule has 0 saturated carbocycles. The van der Waals surface area contributed by atoms with Gasteiger partial charge in [0.1, 0.15) is 17.9 Å². The summed E-state index contributed by atoms with van der Waals surface area (Å²) in [6.45, 7) is 10.7. The van der Waals surface area contributed by atoms with Gasteiger partial charge < -0.3 is 24.3 Å². The molecule has 0 bridgehead atoms. The number of aryl methyl sites for hydroxylation is 2. The van der Waals surface area contributed by atoms with Crippen molar-refractivity contribution in [2.24, 2.45) is 5.92 Å². The number of carboxylic acid groups (broad SMARTS) is 1. The van der Waals surface area contributed by atoms with Crippen molar-refractivity contribution in [3.63, 3.8) is 0 Å². The first-order valence-corrected chi connectivity index (χ1v) is 17.4. The Morgan fingerprint density at radius 1 is 1.04 bits per heavy atom. The minimum absolute atomic E-state index is 0.0133. The summed E-state index contributed by atoms with van der Waals surface area (Å²) in [4.78, 5) is 31.1. The van der Waals surface area contributed by atoms with Crippen molar-refractivity contribution in [2.75, 3.05) is 24.5 Å². The summed E-state index contributed by atoms with van der Waals surface area (Å²) in [6.07, 6.45) is 4.70. The fraction of sp³-hybridized carbons (Fsp3) is 0.378. The Balaban J connectivity index is 1.22. The molecule has 256 valence electrons. The van der Waals surface area contributed by atoms with Crippen LogP contribution in [-0.4, -0.2) is 56.9 Å². The van der Waals surface area contributed by atoms with Crippen LogP contribution in [-0.2, 0) is 11.3 Å². The molecule has 2 aromatic carbocycles. The van der Waals surface area contributed by atoms with Crippen LogP contribution >= 0.6 is 11.9 Å². The normalized spacial score (nSPS) is 14.3. The second-order valence-electron chi connectivity index (χ2n) is 12.8. The van der Waals surface area contributed by atoms with Crippen molar-refractivity contribution in [1.82, 2.24) is 25.3 Å². The van der Waals surface area contributed by atoms with Crippen molar-refractivity contribution < 1.29 is 23.8 Å². The number of nitrogens with one attached hydrogen (secondary N) is 2. The van der Waals surface area contributed by atoms with Crippen LogP contribution in [0.2, 0.25) is 0 Å². The van der Waals surface area contributed by atoms with Gasteiger partial charge in [-0.2, -0.15) is 4.98 Å². The predicted molar refractivity (Wildman–Crippen MR) is 190 cm³/mol. The van der Waals surface area contributed by atoms with Gasteiger partial charge in [0.05, 0.1) is 23.1 Å². The number of hydrogen-bond donors (Lipinski definition) is 3. The molecule has 6 rings (SSSR count). The number of fused-ring (bicyclic) bond motifs is 1. The Hall–Kier alpha value is -4.52. The van der Waals surface area contributed by atoms with Crippen LogP contribution in [0, 0.1) is 19.8 Å². The summed E-state index contributed by atoms with van der Waals surface area (Å²) < 4.78 is 21.1. The summed E-state index contributed by atoms with van der Waals surface area (Å²) in [5.74, 6) is 1.46. The molecule has 5 aromatic rings. The molecule has 12 heteroatoms. The lowest BCUT2D eigenvalue weighted by Gasteiger charge is -2.27. The second-order valence-corrected chi connectivity index (χ2v) is 13.6. The molecule has 3 N–H and O–H groups in total. The fourth-order valence-corrected chi connectivity index (χ4v) is 6.60. The average Bonchev–Trinajstić information content (AvgIpc) is 3.53. The van der Waals surface area contributed by atoms with E-state index in [9.17, 15) is 9.90 Å². The summed E-state index contributed by atoms with van der Waals surface area (Å²) in [5.41, 5.74) is 6.28. The van der Waals surface area contributed by atoms with Gasteiger partial charge in [-0.25, -0.2) is 19.7 Å². The van der Waals surface area contributed by atoms with Gasteiger partial charge in [-0.05, 0) is 80.3 Å². The third kappa shape index (κ3) is 8.94. The van der Waals surface area contributed by atoms with Crippen molar-refractivity contribution in [3.8, 4) is 17.1 Å². The largest absolute Gasteiger partial charge is 0.478 e. The maximum absolute atomic E-state index is 11.5. The quantitative estimate of drug-likeness (QED) is 0.0993. The molecule has 0 amide bonds. The number of rotatable bonds is 14. The first-order chi connectivity index (χ1) is 23.7. The van der Waals surface area contributed by atoms with E-state index in [-0.39, 0.29) is 17.5 Å². The molecule has 1 atom stereocenters. The first kappa shape index (κ1) is 34.3. The molecule has 11 nitrogen and oxygen atoms in total. The van der Waals surface area contributed by atoms with Gasteiger partial charge in [0, 0.05) is 54.3 Å². The first-order valence-electron chi connectivity index (χ1n) is 16.6. The second kappa shape index (κ2) is 15.8. The number of carbonyl (C=O) groups is 1. The zero-order valence-corrected chi connectivity index (χ0v) is 29.0. The Morgan fingerprint density at radius 3 is 2.57 bits per heavy atom. The third-order valence-electron chi connectivity index (χ3n) is 8.62. The molecular formula is C37H42N6O5S. The molecule has 1 fully saturated rings. The summed E-state index contributed by atoms with van der Waals surface area (Å²) >= 11 is 1.25. The van der Waals surface area contributed by atoms with Crippen molar-refractivity contribution in [2.45, 2.75) is 70.4 Å². The number of benzene rings is 2. The van der Waals surface area contributed by atoms with Crippen molar-refractivity contribution >= 4 is 35.1 Å². The van der Waals surface area contributed by atoms with E-state index in [0.717, 1.165) is 76.7 Å². The average molecular weight is 683 g/mol. The predicted octanol–water partition coefficient (Wildman–Crippen LogP) is 7.59. The number of nitrogens with zero attached hydrogens (tertiary/aromatic N) is 4. The van der Waals surface area contributed by atoms with Crippen molar-refractivity contribution in [1.29, 1.82) is 0 Å². The maximum Gasteiger partial charge on any atom is 0.335 e. The summed E-state index contributed by atoms with van der Waals surface area (Å²) in [7, 11) is 0. The Kier molecular flexibility index (Phi) is 11.1. The number of ether oxygens (including phenoxy) is 2. The Bertz CT molecular complexity index is 1890. The Morgan fingerprint density at radius 2 is 1.82 bits per heavy atom. The highest BCUT2D eigenvalue weighted by Crippen LogP contribution is 2.31. The van der Waals surface area contributed by atoms with Crippen LogP contribution in [0.25, 0.3) is 22.5 Å². The molecule has 0 aliphatic carbocycles. The lowest BCUT2D eigenvalue weighted by atomic mass is 9.92. The highest BCUT2D eigenvalue weighted by Gasteiger charge is 2.21. The van der Waals surface area contributed by atoms with Gasteiger partial charge in [-0.1, -0.05) is 38.1 Å². The van der Waals surface area contributed by atoms with Crippen LogP contribution in [0.1, 0.15) is 72.0 Å². The van der Waals surface area contributed by atoms with E-state index in [1.807, 2.05) is 24.3 Å². The van der Waals surface area contributed by atoms with Gasteiger partial charge in [0.25, 0.3) is 0 Å². The van der Waals surface area contributed by atoms with Gasteiger partial charge >= 0.3 is 5.97 Å². The van der Waals surface area contributed by atoms with Crippen LogP contribution in [0.4, 0.5) is 5.95 Å². The van der Waals surface area contributed by atoms with Gasteiger partial charge in [0.2, 0.25) is 17.5 Å². The van der Waals surface area contributed by atoms with E-state index in [2.05, 4.69) is 54.9 Å². The number of aromatic carboxylic acids is 1. The lowest BCUT2D eigenvalue weighted by Crippen LogP contribution is -2.37. The molecule has 3 aromatic heterocycles. The maximum atomic E-state index is 11.5. The molecule has 1 saturated heterocycles. The van der Waals surface area contributed by atoms with E-state index >= 15 is 0 Å². The van der Waals surface area contributed by atoms with E-state index in [1.54, 1.807) is 24.4 Å². The van der Waals surface area contributed by atoms with E-state index in [4.69, 9.17) is 28.8 Å². The minimum Gasteiger partial charge on any atom is -0.478 e. The molecule has 1 aliphatic heterocycles. The fourth-order valence-electron chi connectivity index (χ4n) is 5.97. The van der Waals surface area contributed by atoms with Crippen LogP contribution in [0.3, 0.4) is 0 Å². The molecule has 4 heterocycles. The standard InChI is InChI=1S/C37H42N6O5S/c1-22(2)32-17-31-35(48-32)39-20-28(40-31)19-38-27(15-25-11-13-46-14-12-25)21-47-33-18-30(34-23(3)7-5-8-24(34)4)41-37(42-33)43-49-29-10-6-9-26(16-29)36(44)45/h5-10,16-18,20,22,25,27,38H,11-15,19,21H2,1-4H3,(H,44,45)(H,41,42,43). The molecule has 49 heavy (non-hydrogen) atoms. The van der Waals surface area contributed by atoms with Crippen LogP contribution < -0.4 is 14.8 Å². The van der Waals surface area contributed by atoms with Gasteiger partial charge in [-0.15, -0.1) is 0 Å². The Labute approximate surface area is 290 Å². The highest BCUT2D eigenvalue weighted by atomic mass is 32.2. The smallest absolute Gasteiger partial charge is 0.335 e.